The molecule has 6 aromatic rings. The fourth-order valence-electron chi connectivity index (χ4n) is 5.90. The lowest BCUT2D eigenvalue weighted by molar-refractivity contribution is 0.0963. The standard InChI is InChI=1S/C19H12FN3OS.C19H15FN2O2S/c20-13-7-11(9-21)6-12(8-13)18-10-22-19(25-18)16-5-4-14-15(23-16)2-1-3-17(14)24;1-24-13-8-11(7-12(20)9-13)18-10-21-19(25-18)16-6-5-14-15(22-16)3-2-4-17(14)23/h4-8,10H,1-3H2;5-10H,2-4H2,1H3. The number of carbonyl (C=O) groups excluding carboxylic acids is 2. The van der Waals surface area contributed by atoms with Crippen molar-refractivity contribution in [3.63, 3.8) is 0 Å². The highest BCUT2D eigenvalue weighted by atomic mass is 32.1. The lowest BCUT2D eigenvalue weighted by Crippen LogP contribution is -2.12. The number of nitrogens with zero attached hydrogens (tertiary/aromatic N) is 5. The predicted octanol–water partition coefficient (Wildman–Crippen LogP) is 8.94. The van der Waals surface area contributed by atoms with E-state index in [9.17, 15) is 18.4 Å². The van der Waals surface area contributed by atoms with Crippen LogP contribution in [0.1, 0.15) is 63.4 Å². The predicted molar refractivity (Wildman–Crippen MR) is 187 cm³/mol. The van der Waals surface area contributed by atoms with Crippen LogP contribution in [0.25, 0.3) is 42.3 Å². The van der Waals surface area contributed by atoms with Gasteiger partial charge in [0.1, 0.15) is 27.4 Å². The molecule has 0 atom stereocenters. The summed E-state index contributed by atoms with van der Waals surface area (Å²) in [5.41, 5.74) is 6.16. The Hall–Kier alpha value is -5.51. The quantitative estimate of drug-likeness (QED) is 0.175. The Morgan fingerprint density at radius 1 is 0.700 bits per heavy atom. The minimum atomic E-state index is -0.450. The Bertz CT molecular complexity index is 2330. The summed E-state index contributed by atoms with van der Waals surface area (Å²) < 4.78 is 32.5. The highest BCUT2D eigenvalue weighted by Gasteiger charge is 2.21. The summed E-state index contributed by atoms with van der Waals surface area (Å²) in [6.45, 7) is 0. The van der Waals surface area contributed by atoms with Crippen molar-refractivity contribution in [2.45, 2.75) is 38.5 Å². The molecule has 2 aromatic carbocycles. The molecule has 0 spiro atoms. The number of thiazole rings is 2. The van der Waals surface area contributed by atoms with E-state index in [4.69, 9.17) is 10.00 Å². The van der Waals surface area contributed by atoms with Crippen molar-refractivity contribution < 1.29 is 23.1 Å². The molecule has 0 saturated carbocycles. The van der Waals surface area contributed by atoms with Crippen molar-refractivity contribution in [1.29, 1.82) is 5.26 Å². The molecule has 12 heteroatoms. The molecule has 0 saturated heterocycles. The molecule has 0 unspecified atom stereocenters. The highest BCUT2D eigenvalue weighted by molar-refractivity contribution is 7.18. The molecule has 0 fully saturated rings. The smallest absolute Gasteiger partial charge is 0.164 e. The van der Waals surface area contributed by atoms with E-state index in [1.807, 2.05) is 24.3 Å². The number of pyridine rings is 2. The van der Waals surface area contributed by atoms with Gasteiger partial charge in [0.05, 0.1) is 51.3 Å². The van der Waals surface area contributed by atoms with E-state index >= 15 is 0 Å². The molecule has 0 bridgehead atoms. The van der Waals surface area contributed by atoms with E-state index in [1.54, 1.807) is 30.6 Å². The SMILES string of the molecule is COc1cc(F)cc(-c2cnc(-c3ccc4c(n3)CCCC4=O)s2)c1.N#Cc1cc(F)cc(-c2cnc(-c3ccc4c(n3)CCCC4=O)s2)c1. The van der Waals surface area contributed by atoms with Gasteiger partial charge in [-0.05, 0) is 91.4 Å². The van der Waals surface area contributed by atoms with E-state index in [0.717, 1.165) is 63.1 Å². The molecular weight excluding hydrogens is 677 g/mol. The number of nitriles is 1. The third-order valence-corrected chi connectivity index (χ3v) is 10.5. The molecule has 248 valence electrons. The average Bonchev–Trinajstić information content (AvgIpc) is 3.83. The number of methoxy groups -OCH3 is 1. The summed E-state index contributed by atoms with van der Waals surface area (Å²) in [5.74, 6) is -0.0320. The van der Waals surface area contributed by atoms with Gasteiger partial charge >= 0.3 is 0 Å². The zero-order chi connectivity index (χ0) is 34.8. The maximum atomic E-state index is 13.7. The maximum absolute atomic E-state index is 13.7. The number of benzene rings is 2. The summed E-state index contributed by atoms with van der Waals surface area (Å²) in [5, 5.41) is 10.4. The van der Waals surface area contributed by atoms with Gasteiger partial charge in [-0.2, -0.15) is 5.26 Å². The summed E-state index contributed by atoms with van der Waals surface area (Å²) in [7, 11) is 1.51. The molecule has 2 aliphatic carbocycles. The van der Waals surface area contributed by atoms with E-state index in [1.165, 1.54) is 54.0 Å². The Balaban J connectivity index is 0.000000157. The first-order valence-electron chi connectivity index (χ1n) is 15.8. The van der Waals surface area contributed by atoms with Crippen LogP contribution < -0.4 is 4.74 Å². The summed E-state index contributed by atoms with van der Waals surface area (Å²) in [4.78, 5) is 43.4. The van der Waals surface area contributed by atoms with Crippen molar-refractivity contribution in [1.82, 2.24) is 19.9 Å². The molecule has 0 radical (unpaired) electrons. The molecule has 4 aromatic heterocycles. The zero-order valence-corrected chi connectivity index (χ0v) is 28.3. The van der Waals surface area contributed by atoms with Gasteiger partial charge in [-0.3, -0.25) is 9.59 Å². The number of rotatable bonds is 5. The summed E-state index contributed by atoms with van der Waals surface area (Å²) in [6.07, 6.45) is 7.81. The molecule has 8 rings (SSSR count). The van der Waals surface area contributed by atoms with Crippen LogP contribution in [-0.2, 0) is 12.8 Å². The number of carbonyl (C=O) groups is 2. The van der Waals surface area contributed by atoms with E-state index < -0.39 is 5.82 Å². The van der Waals surface area contributed by atoms with Crippen LogP contribution in [0.3, 0.4) is 0 Å². The largest absolute Gasteiger partial charge is 0.497 e. The van der Waals surface area contributed by atoms with Crippen molar-refractivity contribution in [3.05, 3.63) is 113 Å². The fourth-order valence-corrected chi connectivity index (χ4v) is 7.65. The van der Waals surface area contributed by atoms with Gasteiger partial charge in [0.25, 0.3) is 0 Å². The highest BCUT2D eigenvalue weighted by Crippen LogP contribution is 2.35. The molecule has 8 nitrogen and oxygen atoms in total. The number of hydrogen-bond donors (Lipinski definition) is 0. The first-order valence-corrected chi connectivity index (χ1v) is 17.5. The molecule has 0 amide bonds. The van der Waals surface area contributed by atoms with Gasteiger partial charge in [0, 0.05) is 42.4 Å². The number of Topliss-reactive ketones (excluding diaryl/α,β-unsaturated/α-hetero) is 2. The topological polar surface area (TPSA) is 119 Å². The Labute approximate surface area is 294 Å². The monoisotopic (exact) mass is 703 g/mol. The van der Waals surface area contributed by atoms with Crippen molar-refractivity contribution >= 4 is 34.2 Å². The van der Waals surface area contributed by atoms with Gasteiger partial charge in [-0.15, -0.1) is 22.7 Å². The first-order chi connectivity index (χ1) is 24.3. The second-order valence-corrected chi connectivity index (χ2v) is 13.8. The molecule has 0 aliphatic heterocycles. The maximum Gasteiger partial charge on any atom is 0.164 e. The number of hydrogen-bond acceptors (Lipinski definition) is 10. The summed E-state index contributed by atoms with van der Waals surface area (Å²) >= 11 is 2.82. The second kappa shape index (κ2) is 14.2. The molecule has 50 heavy (non-hydrogen) atoms. The number of ether oxygens (including phenoxy) is 1. The van der Waals surface area contributed by atoms with Gasteiger partial charge in [0.2, 0.25) is 0 Å². The van der Waals surface area contributed by atoms with Crippen molar-refractivity contribution in [2.24, 2.45) is 0 Å². The van der Waals surface area contributed by atoms with E-state index in [0.29, 0.717) is 46.0 Å². The molecular formula is C38H27F2N5O3S2. The van der Waals surface area contributed by atoms with Crippen LogP contribution in [0.4, 0.5) is 8.78 Å². The fraction of sp³-hybridized carbons (Fsp3) is 0.184. The van der Waals surface area contributed by atoms with Gasteiger partial charge in [-0.1, -0.05) is 0 Å². The van der Waals surface area contributed by atoms with Crippen LogP contribution in [0.5, 0.6) is 5.75 Å². The number of ketones is 2. The number of fused-ring (bicyclic) bond motifs is 2. The lowest BCUT2D eigenvalue weighted by Gasteiger charge is -2.13. The lowest BCUT2D eigenvalue weighted by atomic mass is 9.94. The molecule has 0 N–H and O–H groups in total. The van der Waals surface area contributed by atoms with Crippen LogP contribution in [0.15, 0.2) is 73.1 Å². The minimum absolute atomic E-state index is 0.143. The third-order valence-electron chi connectivity index (χ3n) is 8.34. The van der Waals surface area contributed by atoms with Crippen molar-refractivity contribution in [3.8, 4) is 54.1 Å². The van der Waals surface area contributed by atoms with Crippen LogP contribution in [0, 0.1) is 23.0 Å². The Kier molecular flexibility index (Phi) is 9.34. The van der Waals surface area contributed by atoms with Crippen LogP contribution >= 0.6 is 22.7 Å². The van der Waals surface area contributed by atoms with Crippen LogP contribution in [0.2, 0.25) is 0 Å². The van der Waals surface area contributed by atoms with Crippen LogP contribution in [-0.4, -0.2) is 38.6 Å². The van der Waals surface area contributed by atoms with Gasteiger partial charge < -0.3 is 4.74 Å². The Morgan fingerprint density at radius 3 is 1.74 bits per heavy atom. The first kappa shape index (κ1) is 33.0. The van der Waals surface area contributed by atoms with Gasteiger partial charge in [0.15, 0.2) is 11.6 Å². The number of aryl methyl sites for hydroxylation is 2. The Morgan fingerprint density at radius 2 is 1.22 bits per heavy atom. The minimum Gasteiger partial charge on any atom is -0.497 e. The van der Waals surface area contributed by atoms with E-state index in [-0.39, 0.29) is 22.9 Å². The zero-order valence-electron chi connectivity index (χ0n) is 26.7. The average molecular weight is 704 g/mol. The second-order valence-electron chi connectivity index (χ2n) is 11.7. The van der Waals surface area contributed by atoms with Crippen molar-refractivity contribution in [2.75, 3.05) is 7.11 Å². The number of halogens is 2. The number of aromatic nitrogens is 4. The third kappa shape index (κ3) is 6.96. The van der Waals surface area contributed by atoms with E-state index in [2.05, 4.69) is 19.9 Å². The molecule has 4 heterocycles. The summed E-state index contributed by atoms with van der Waals surface area (Å²) in [6, 6.07) is 18.0. The normalized spacial score (nSPS) is 13.5. The van der Waals surface area contributed by atoms with Gasteiger partial charge in [-0.25, -0.2) is 28.7 Å². The molecule has 2 aliphatic rings.